The number of nitrogens with zero attached hydrogens (tertiary/aromatic N) is 1. The number of aliphatic hydroxyl groups excluding tert-OH is 12. The molecule has 0 spiro atoms. The molecule has 7 unspecified atom stereocenters. The van der Waals surface area contributed by atoms with Crippen LogP contribution in [0.5, 0.6) is 0 Å². The van der Waals surface area contributed by atoms with Gasteiger partial charge in [-0.15, -0.1) is 0 Å². The zero-order valence-electron chi connectivity index (χ0n) is 71.7. The number of hydrogen-bond donors (Lipinski definition) is 20. The minimum absolute atomic E-state index is 0.0203. The lowest BCUT2D eigenvalue weighted by Gasteiger charge is -2.42. The monoisotopic (exact) mass is 1810 g/mol. The van der Waals surface area contributed by atoms with E-state index in [1.165, 1.54) is 18.7 Å². The van der Waals surface area contributed by atoms with Gasteiger partial charge in [-0.25, -0.2) is 4.57 Å². The number of carbonyl (C=O) groups is 10. The van der Waals surface area contributed by atoms with Crippen LogP contribution in [-0.2, 0) is 114 Å². The molecule has 5 aliphatic heterocycles. The average molecular weight is 1810 g/mol. The van der Waals surface area contributed by atoms with Gasteiger partial charge in [0.05, 0.1) is 117 Å². The molecule has 25 atom stereocenters. The number of phosphoric ester groups is 1. The van der Waals surface area contributed by atoms with Crippen molar-refractivity contribution in [1.29, 1.82) is 0 Å². The van der Waals surface area contributed by atoms with Crippen molar-refractivity contribution in [3.63, 3.8) is 0 Å². The van der Waals surface area contributed by atoms with Gasteiger partial charge in [-0.2, -0.15) is 0 Å². The molecule has 20 N–H and O–H groups in total. The minimum atomic E-state index is -4.89. The van der Waals surface area contributed by atoms with E-state index in [0.717, 1.165) is 0 Å². The van der Waals surface area contributed by atoms with Crippen LogP contribution in [0.15, 0.2) is 0 Å². The molecule has 46 heteroatoms. The maximum atomic E-state index is 14.9. The molecule has 0 saturated carbocycles. The molecule has 0 radical (unpaired) electrons. The molecule has 5 rings (SSSR count). The van der Waals surface area contributed by atoms with Gasteiger partial charge in [-0.1, -0.05) is 34.6 Å². The highest BCUT2D eigenvalue weighted by molar-refractivity contribution is 7.46. The van der Waals surface area contributed by atoms with Gasteiger partial charge in [-0.3, -0.25) is 52.5 Å². The molecule has 0 aromatic rings. The predicted molar refractivity (Wildman–Crippen MR) is 426 cm³/mol. The molecule has 0 bridgehead atoms. The Morgan fingerprint density at radius 1 is 0.452 bits per heavy atom. The number of aliphatic hydroxyl groups is 12. The molecule has 0 aromatic heterocycles. The van der Waals surface area contributed by atoms with Crippen molar-refractivity contribution < 1.29 is 185 Å². The molecule has 7 amide bonds. The minimum Gasteiger partial charge on any atom is -0.394 e. The molecular formula is C78H136N7O38P. The van der Waals surface area contributed by atoms with Crippen LogP contribution in [-0.4, -0.2) is 396 Å². The third kappa shape index (κ3) is 35.7. The molecule has 0 aromatic carbocycles. The molecule has 5 aliphatic rings. The Hall–Kier alpha value is -5.55. The van der Waals surface area contributed by atoms with Crippen LogP contribution >= 0.6 is 7.82 Å². The molecule has 5 fully saturated rings. The van der Waals surface area contributed by atoms with Crippen LogP contribution in [0.2, 0.25) is 0 Å². The van der Waals surface area contributed by atoms with E-state index in [4.69, 9.17) is 61.4 Å². The van der Waals surface area contributed by atoms with E-state index in [1.54, 1.807) is 20.8 Å². The first-order chi connectivity index (χ1) is 58.8. The summed E-state index contributed by atoms with van der Waals surface area (Å²) in [4.78, 5) is 157. The second kappa shape index (κ2) is 55.5. The van der Waals surface area contributed by atoms with Crippen molar-refractivity contribution in [2.45, 2.75) is 267 Å². The normalized spacial score (nSPS) is 30.3. The van der Waals surface area contributed by atoms with E-state index < -0.39 is 252 Å². The molecule has 716 valence electrons. The van der Waals surface area contributed by atoms with Gasteiger partial charge in [0.2, 0.25) is 41.4 Å². The zero-order chi connectivity index (χ0) is 92.0. The largest absolute Gasteiger partial charge is 0.469 e. The van der Waals surface area contributed by atoms with Gasteiger partial charge >= 0.3 is 7.82 Å². The zero-order valence-corrected chi connectivity index (χ0v) is 72.6. The van der Waals surface area contributed by atoms with E-state index >= 15 is 0 Å². The molecule has 5 heterocycles. The van der Waals surface area contributed by atoms with E-state index in [-0.39, 0.29) is 194 Å². The number of carbonyl (C=O) groups excluding carboxylic acids is 10. The number of amides is 7. The summed E-state index contributed by atoms with van der Waals surface area (Å²) in [7, 11) is -4.89. The average Bonchev–Trinajstić information content (AvgIpc) is 1.62. The SMILES string of the molecule is CC[C@@]1(C)CN(C(=O)CCCC(=O)CC(CCC(=O)NC(CCC(=O)NCCOCCOC2O[C@H](CO)[C@H](O)[C@H](O)[C@H]2NC(C)=O)C(=O)CCCOCCOC2O[C@H](CO)[C@H](O)[C@H](O)[C@H]2NC(C)=O)C(=O)NC(CCC(=O)CCCOCCOC2O[C@H](CO)[C@H](O)[C@H](O)[C@H]2C)C(=O)NCCOCCOC2O[C@H](CO)[C@H](O)[C@H](O)[C@H]2C)C[C@@]1(C)COP(=O)(O)O. The van der Waals surface area contributed by atoms with Crippen LogP contribution in [0.3, 0.4) is 0 Å². The maximum Gasteiger partial charge on any atom is 0.469 e. The van der Waals surface area contributed by atoms with Crippen molar-refractivity contribution >= 4 is 66.5 Å². The lowest BCUT2D eigenvalue weighted by Crippen LogP contribution is -2.64. The Labute approximate surface area is 720 Å². The summed E-state index contributed by atoms with van der Waals surface area (Å²) in [6, 6.07) is -5.29. The predicted octanol–water partition coefficient (Wildman–Crippen LogP) is -6.48. The number of likely N-dealkylation sites (tertiary alicyclic amines) is 1. The third-order valence-electron chi connectivity index (χ3n) is 22.8. The Kier molecular flexibility index (Phi) is 48.7. The topological polar surface area (TPSA) is 666 Å². The van der Waals surface area contributed by atoms with E-state index in [1.807, 2.05) is 13.8 Å². The lowest BCUT2D eigenvalue weighted by molar-refractivity contribution is -0.284. The van der Waals surface area contributed by atoms with Gasteiger partial charge in [0.15, 0.2) is 30.9 Å². The van der Waals surface area contributed by atoms with Crippen molar-refractivity contribution in [3.05, 3.63) is 0 Å². The highest BCUT2D eigenvalue weighted by Crippen LogP contribution is 2.51. The third-order valence-corrected chi connectivity index (χ3v) is 23.3. The summed E-state index contributed by atoms with van der Waals surface area (Å²) in [6.45, 7) is 7.14. The molecule has 5 saturated heterocycles. The highest BCUT2D eigenvalue weighted by Gasteiger charge is 2.54. The fraction of sp³-hybridized carbons (Fsp3) is 0.872. The Bertz CT molecular complexity index is 3320. The molecule has 124 heavy (non-hydrogen) atoms. The van der Waals surface area contributed by atoms with Gasteiger partial charge in [0, 0.05) is 128 Å². The van der Waals surface area contributed by atoms with Gasteiger partial charge in [-0.05, 0) is 50.4 Å². The summed E-state index contributed by atoms with van der Waals surface area (Å²) in [5, 5.41) is 138. The van der Waals surface area contributed by atoms with Crippen LogP contribution in [0.4, 0.5) is 0 Å². The Balaban J connectivity index is 1.31. The van der Waals surface area contributed by atoms with E-state index in [2.05, 4.69) is 31.9 Å². The first-order valence-electron chi connectivity index (χ1n) is 42.3. The summed E-state index contributed by atoms with van der Waals surface area (Å²) < 4.78 is 84.4. The molecule has 0 aliphatic carbocycles. The van der Waals surface area contributed by atoms with Gasteiger partial charge < -0.3 is 165 Å². The van der Waals surface area contributed by atoms with E-state index in [0.29, 0.717) is 6.42 Å². The van der Waals surface area contributed by atoms with Crippen LogP contribution in [0, 0.1) is 28.6 Å². The summed E-state index contributed by atoms with van der Waals surface area (Å²) in [5.41, 5.74) is -1.53. The van der Waals surface area contributed by atoms with Crippen LogP contribution < -0.4 is 31.9 Å². The lowest BCUT2D eigenvalue weighted by atomic mass is 9.67. The van der Waals surface area contributed by atoms with Crippen molar-refractivity contribution in [2.24, 2.45) is 28.6 Å². The first kappa shape index (κ1) is 109. The Morgan fingerprint density at radius 3 is 1.34 bits per heavy atom. The number of ether oxygens (including phenoxy) is 12. The van der Waals surface area contributed by atoms with Crippen molar-refractivity contribution in [1.82, 2.24) is 36.8 Å². The van der Waals surface area contributed by atoms with Crippen LogP contribution in [0.25, 0.3) is 0 Å². The fourth-order valence-corrected chi connectivity index (χ4v) is 15.3. The van der Waals surface area contributed by atoms with Crippen molar-refractivity contribution in [2.75, 3.05) is 138 Å². The van der Waals surface area contributed by atoms with Crippen LogP contribution in [0.1, 0.15) is 145 Å². The Morgan fingerprint density at radius 2 is 0.871 bits per heavy atom. The number of ketones is 3. The van der Waals surface area contributed by atoms with Gasteiger partial charge in [0.1, 0.15) is 90.7 Å². The summed E-state index contributed by atoms with van der Waals surface area (Å²) in [6.07, 6.45) is -23.6. The van der Waals surface area contributed by atoms with Gasteiger partial charge in [0.25, 0.3) is 0 Å². The summed E-state index contributed by atoms with van der Waals surface area (Å²) in [5.74, 6) is -8.93. The smallest absolute Gasteiger partial charge is 0.394 e. The first-order valence-corrected chi connectivity index (χ1v) is 43.8. The summed E-state index contributed by atoms with van der Waals surface area (Å²) >= 11 is 0. The maximum absolute atomic E-state index is 14.9. The number of rotatable bonds is 60. The van der Waals surface area contributed by atoms with E-state index in [9.17, 15) is 124 Å². The second-order valence-corrected chi connectivity index (χ2v) is 33.6. The standard InChI is InChI=1S/C78H136N7O38P/c1-8-77(6)41-85(42-78(77,7)43-119-124(108,109)110)60(97)15-9-12-50(93)36-48(71(106)84-52(72(107)80-23-27-114-30-33-116-74-45(3)64(99)66(101)55(38-87)121-74)18-17-49(92)13-10-24-111-28-32-115-73-44(2)63(98)65(100)54(37-86)120-73)16-20-59(96)83-51(53(94)14-11-25-112-29-34-117-75-61(81-46(4)90)69(104)67(102)56(39-88)122-75)19-21-58(95)79-22-26-113-31-35-118-76-62(82-47(5)91)70(105)68(103)57(40-89)123-76/h44-45,48,51-52,54-57,61-70,73-76,86-89,98-105H,8-43H2,1-7H3,(H,79,95)(H,80,107)(H,81,90)(H,82,91)(H,83,96)(H,84,106)(H2,108,109,110)/t44-,45-,48?,51?,52?,54-,55-,56-,57-,61-,62-,63-,64-,65+,66+,67+,68+,69-,70-,73?,74?,75?,76?,77+,78+/m1/s1. The highest BCUT2D eigenvalue weighted by atomic mass is 31.2. The number of Topliss-reactive ketones (excluding diaryl/α,β-unsaturated/α-hetero) is 3. The molecular weight excluding hydrogens is 1670 g/mol. The van der Waals surface area contributed by atoms with Crippen molar-refractivity contribution in [3.8, 4) is 0 Å². The number of phosphoric acid groups is 1. The quantitative estimate of drug-likeness (QED) is 0.0199. The number of hydrogen-bond acceptors (Lipinski definition) is 36. The fourth-order valence-electron chi connectivity index (χ4n) is 14.9. The molecule has 45 nitrogen and oxygen atoms in total. The number of nitrogens with one attached hydrogen (secondary N) is 6. The second-order valence-electron chi connectivity index (χ2n) is 32.4.